The lowest BCUT2D eigenvalue weighted by molar-refractivity contribution is 0.0361. The van der Waals surface area contributed by atoms with Crippen molar-refractivity contribution in [3.8, 4) is 11.4 Å². The van der Waals surface area contributed by atoms with E-state index >= 15 is 0 Å². The summed E-state index contributed by atoms with van der Waals surface area (Å²) < 4.78 is 21.0. The molecule has 5 nitrogen and oxygen atoms in total. The first kappa shape index (κ1) is 21.0. The van der Waals surface area contributed by atoms with Crippen molar-refractivity contribution in [2.75, 3.05) is 38.6 Å². The van der Waals surface area contributed by atoms with E-state index in [9.17, 15) is 4.39 Å². The van der Waals surface area contributed by atoms with Crippen molar-refractivity contribution in [3.05, 3.63) is 66.0 Å². The summed E-state index contributed by atoms with van der Waals surface area (Å²) >= 11 is 1.74. The number of aryl methyl sites for hydroxylation is 1. The number of thioether (sulfide) groups is 1. The number of hydrogen-bond acceptors (Lipinski definition) is 5. The van der Waals surface area contributed by atoms with Gasteiger partial charge in [-0.3, -0.25) is 4.90 Å². The van der Waals surface area contributed by atoms with Crippen LogP contribution in [0.5, 0.6) is 0 Å². The third kappa shape index (κ3) is 5.68. The Hall–Kier alpha value is -2.22. The average molecular weight is 427 g/mol. The van der Waals surface area contributed by atoms with Gasteiger partial charge in [0.15, 0.2) is 11.0 Å². The van der Waals surface area contributed by atoms with Gasteiger partial charge in [-0.05, 0) is 42.7 Å². The molecular formula is C23H27FN4OS. The minimum absolute atomic E-state index is 0.242. The molecule has 1 aliphatic rings. The van der Waals surface area contributed by atoms with Crippen molar-refractivity contribution in [2.45, 2.75) is 24.5 Å². The molecule has 1 aromatic heterocycles. The van der Waals surface area contributed by atoms with Crippen LogP contribution in [0.25, 0.3) is 11.4 Å². The standard InChI is InChI=1S/C23H27FN4OS/c24-21-10-8-20(9-11-21)22-25-26-23(28(22)13-12-27-14-16-29-17-15-27)30-18-4-7-19-5-2-1-3-6-19/h1-3,5-6,8-11H,4,7,12-18H2. The summed E-state index contributed by atoms with van der Waals surface area (Å²) in [6.45, 7) is 5.21. The molecule has 158 valence electrons. The van der Waals surface area contributed by atoms with Crippen LogP contribution in [0.1, 0.15) is 12.0 Å². The van der Waals surface area contributed by atoms with E-state index in [1.165, 1.54) is 17.7 Å². The van der Waals surface area contributed by atoms with Crippen molar-refractivity contribution in [1.82, 2.24) is 19.7 Å². The topological polar surface area (TPSA) is 43.2 Å². The third-order valence-corrected chi connectivity index (χ3v) is 6.30. The summed E-state index contributed by atoms with van der Waals surface area (Å²) in [7, 11) is 0. The second-order valence-corrected chi connectivity index (χ2v) is 8.42. The second kappa shape index (κ2) is 10.7. The Morgan fingerprint density at radius 3 is 2.47 bits per heavy atom. The molecule has 0 aliphatic carbocycles. The molecule has 0 spiro atoms. The number of benzene rings is 2. The van der Waals surface area contributed by atoms with E-state index in [0.717, 1.165) is 74.5 Å². The Balaban J connectivity index is 1.43. The SMILES string of the molecule is Fc1ccc(-c2nnc(SCCCc3ccccc3)n2CCN2CCOCC2)cc1. The molecule has 30 heavy (non-hydrogen) atoms. The van der Waals surface area contributed by atoms with Crippen LogP contribution >= 0.6 is 11.8 Å². The molecule has 0 saturated carbocycles. The van der Waals surface area contributed by atoms with Gasteiger partial charge in [-0.15, -0.1) is 10.2 Å². The van der Waals surface area contributed by atoms with Gasteiger partial charge in [0.25, 0.3) is 0 Å². The highest BCUT2D eigenvalue weighted by Crippen LogP contribution is 2.25. The lowest BCUT2D eigenvalue weighted by Crippen LogP contribution is -2.38. The molecule has 1 saturated heterocycles. The van der Waals surface area contributed by atoms with E-state index in [1.807, 2.05) is 6.07 Å². The average Bonchev–Trinajstić information content (AvgIpc) is 3.20. The van der Waals surface area contributed by atoms with Gasteiger partial charge in [0.2, 0.25) is 0 Å². The second-order valence-electron chi connectivity index (χ2n) is 7.36. The molecule has 1 aliphatic heterocycles. The summed E-state index contributed by atoms with van der Waals surface area (Å²) in [5.74, 6) is 1.54. The van der Waals surface area contributed by atoms with Gasteiger partial charge in [0, 0.05) is 37.5 Å². The maximum Gasteiger partial charge on any atom is 0.191 e. The molecule has 4 rings (SSSR count). The molecule has 2 aromatic carbocycles. The zero-order valence-electron chi connectivity index (χ0n) is 17.0. The van der Waals surface area contributed by atoms with Gasteiger partial charge < -0.3 is 9.30 Å². The molecule has 0 amide bonds. The van der Waals surface area contributed by atoms with Gasteiger partial charge in [-0.2, -0.15) is 0 Å². The third-order valence-electron chi connectivity index (χ3n) is 5.25. The summed E-state index contributed by atoms with van der Waals surface area (Å²) in [5, 5.41) is 9.83. The number of ether oxygens (including phenoxy) is 1. The Bertz CT molecular complexity index is 911. The predicted octanol–water partition coefficient (Wildman–Crippen LogP) is 4.14. The Labute approximate surface area is 181 Å². The fourth-order valence-corrected chi connectivity index (χ4v) is 4.46. The van der Waals surface area contributed by atoms with Crippen LogP contribution in [0, 0.1) is 5.82 Å². The maximum atomic E-state index is 13.4. The van der Waals surface area contributed by atoms with E-state index in [2.05, 4.69) is 43.9 Å². The molecule has 0 radical (unpaired) electrons. The highest BCUT2D eigenvalue weighted by molar-refractivity contribution is 7.99. The first-order valence-corrected chi connectivity index (χ1v) is 11.4. The van der Waals surface area contributed by atoms with Crippen molar-refractivity contribution in [3.63, 3.8) is 0 Å². The van der Waals surface area contributed by atoms with Gasteiger partial charge in [-0.25, -0.2) is 4.39 Å². The van der Waals surface area contributed by atoms with Crippen LogP contribution in [-0.2, 0) is 17.7 Å². The minimum atomic E-state index is -0.242. The zero-order valence-corrected chi connectivity index (χ0v) is 17.9. The fourth-order valence-electron chi connectivity index (χ4n) is 3.56. The number of morpholine rings is 1. The Morgan fingerprint density at radius 2 is 1.70 bits per heavy atom. The summed E-state index contributed by atoms with van der Waals surface area (Å²) in [6, 6.07) is 17.0. The normalized spacial score (nSPS) is 14.8. The van der Waals surface area contributed by atoms with Crippen LogP contribution in [0.15, 0.2) is 59.8 Å². The predicted molar refractivity (Wildman–Crippen MR) is 118 cm³/mol. The number of hydrogen-bond donors (Lipinski definition) is 0. The van der Waals surface area contributed by atoms with Gasteiger partial charge in [-0.1, -0.05) is 42.1 Å². The largest absolute Gasteiger partial charge is 0.379 e. The molecule has 3 aromatic rings. The molecule has 2 heterocycles. The molecule has 0 atom stereocenters. The minimum Gasteiger partial charge on any atom is -0.379 e. The first-order valence-electron chi connectivity index (χ1n) is 10.5. The maximum absolute atomic E-state index is 13.4. The lowest BCUT2D eigenvalue weighted by atomic mass is 10.1. The fraction of sp³-hybridized carbons (Fsp3) is 0.391. The van der Waals surface area contributed by atoms with E-state index < -0.39 is 0 Å². The molecule has 0 N–H and O–H groups in total. The quantitative estimate of drug-likeness (QED) is 0.380. The zero-order chi connectivity index (χ0) is 20.6. The summed E-state index contributed by atoms with van der Waals surface area (Å²) in [5.41, 5.74) is 2.25. The van der Waals surface area contributed by atoms with E-state index in [1.54, 1.807) is 23.9 Å². The number of aromatic nitrogens is 3. The summed E-state index contributed by atoms with van der Waals surface area (Å²) in [6.07, 6.45) is 2.14. The highest BCUT2D eigenvalue weighted by atomic mass is 32.2. The van der Waals surface area contributed by atoms with Crippen molar-refractivity contribution in [2.24, 2.45) is 0 Å². The number of halogens is 1. The van der Waals surface area contributed by atoms with E-state index in [4.69, 9.17) is 4.74 Å². The van der Waals surface area contributed by atoms with Gasteiger partial charge >= 0.3 is 0 Å². The van der Waals surface area contributed by atoms with Crippen molar-refractivity contribution >= 4 is 11.8 Å². The summed E-state index contributed by atoms with van der Waals surface area (Å²) in [4.78, 5) is 2.40. The van der Waals surface area contributed by atoms with Crippen molar-refractivity contribution < 1.29 is 9.13 Å². The molecular weight excluding hydrogens is 399 g/mol. The molecule has 1 fully saturated rings. The van der Waals surface area contributed by atoms with Gasteiger partial charge in [0.05, 0.1) is 13.2 Å². The number of rotatable bonds is 9. The highest BCUT2D eigenvalue weighted by Gasteiger charge is 2.17. The monoisotopic (exact) mass is 426 g/mol. The van der Waals surface area contributed by atoms with Crippen LogP contribution in [0.2, 0.25) is 0 Å². The number of nitrogens with zero attached hydrogens (tertiary/aromatic N) is 4. The molecule has 0 bridgehead atoms. The Morgan fingerprint density at radius 1 is 0.933 bits per heavy atom. The lowest BCUT2D eigenvalue weighted by Gasteiger charge is -2.27. The van der Waals surface area contributed by atoms with Gasteiger partial charge in [0.1, 0.15) is 5.82 Å². The van der Waals surface area contributed by atoms with Crippen LogP contribution in [0.4, 0.5) is 4.39 Å². The van der Waals surface area contributed by atoms with E-state index in [-0.39, 0.29) is 5.82 Å². The Kier molecular flexibility index (Phi) is 7.50. The van der Waals surface area contributed by atoms with E-state index in [0.29, 0.717) is 0 Å². The van der Waals surface area contributed by atoms with Crippen molar-refractivity contribution in [1.29, 1.82) is 0 Å². The van der Waals surface area contributed by atoms with Crippen LogP contribution in [-0.4, -0.2) is 58.3 Å². The first-order chi connectivity index (χ1) is 14.8. The van der Waals surface area contributed by atoms with Crippen LogP contribution in [0.3, 0.4) is 0 Å². The molecule has 0 unspecified atom stereocenters. The smallest absolute Gasteiger partial charge is 0.191 e. The molecule has 7 heteroatoms. The van der Waals surface area contributed by atoms with Crippen LogP contribution < -0.4 is 0 Å².